The monoisotopic (exact) mass is 353 g/mol. The Morgan fingerprint density at radius 3 is 2.43 bits per heavy atom. The highest BCUT2D eigenvalue weighted by molar-refractivity contribution is 9.10. The van der Waals surface area contributed by atoms with Gasteiger partial charge in [-0.15, -0.1) is 13.2 Å². The summed E-state index contributed by atoms with van der Waals surface area (Å²) < 4.78 is 5.95. The number of aromatic carboxylic acids is 1. The number of benzene rings is 1. The average Bonchev–Trinajstić information content (AvgIpc) is 2.45. The molecule has 1 aromatic rings. The van der Waals surface area contributed by atoms with E-state index in [0.29, 0.717) is 17.6 Å². The third-order valence-corrected chi connectivity index (χ3v) is 3.07. The van der Waals surface area contributed by atoms with E-state index in [1.807, 2.05) is 0 Å². The zero-order chi connectivity index (χ0) is 15.8. The minimum atomic E-state index is -1.12. The van der Waals surface area contributed by atoms with Crippen molar-refractivity contribution >= 4 is 27.8 Å². The number of hydrogen-bond donors (Lipinski definition) is 1. The summed E-state index contributed by atoms with van der Waals surface area (Å²) in [7, 11) is 0. The van der Waals surface area contributed by atoms with Crippen LogP contribution in [0.2, 0.25) is 0 Å². The molecule has 0 spiro atoms. The van der Waals surface area contributed by atoms with E-state index in [-0.39, 0.29) is 23.8 Å². The molecule has 0 aliphatic rings. The second-order valence-electron chi connectivity index (χ2n) is 4.11. The maximum Gasteiger partial charge on any atom is 0.339 e. The highest BCUT2D eigenvalue weighted by Crippen LogP contribution is 2.23. The van der Waals surface area contributed by atoms with E-state index in [0.717, 1.165) is 0 Å². The lowest BCUT2D eigenvalue weighted by Gasteiger charge is -2.19. The number of carbonyl (C=O) groups is 2. The van der Waals surface area contributed by atoms with Crippen molar-refractivity contribution in [2.45, 2.75) is 0 Å². The van der Waals surface area contributed by atoms with Gasteiger partial charge in [-0.3, -0.25) is 4.79 Å². The Morgan fingerprint density at radius 1 is 1.29 bits per heavy atom. The molecule has 0 radical (unpaired) electrons. The molecule has 0 saturated heterocycles. The van der Waals surface area contributed by atoms with Gasteiger partial charge < -0.3 is 14.7 Å². The number of halogens is 1. The van der Waals surface area contributed by atoms with Gasteiger partial charge in [0.25, 0.3) is 5.91 Å². The molecule has 1 rings (SSSR count). The number of ether oxygens (including phenoxy) is 1. The maximum atomic E-state index is 12.0. The van der Waals surface area contributed by atoms with Crippen LogP contribution in [0, 0.1) is 0 Å². The van der Waals surface area contributed by atoms with E-state index in [9.17, 15) is 9.59 Å². The van der Waals surface area contributed by atoms with Gasteiger partial charge in [0, 0.05) is 17.6 Å². The van der Waals surface area contributed by atoms with E-state index in [1.54, 1.807) is 18.2 Å². The number of amides is 1. The molecule has 0 fully saturated rings. The van der Waals surface area contributed by atoms with Gasteiger partial charge in [0.1, 0.15) is 11.3 Å². The molecular weight excluding hydrogens is 338 g/mol. The predicted octanol–water partition coefficient (Wildman–Crippen LogP) is 2.73. The molecule has 1 N–H and O–H groups in total. The zero-order valence-corrected chi connectivity index (χ0v) is 13.0. The van der Waals surface area contributed by atoms with Crippen LogP contribution in [-0.2, 0) is 4.79 Å². The minimum absolute atomic E-state index is 0.00355. The van der Waals surface area contributed by atoms with Gasteiger partial charge in [0.05, 0.1) is 0 Å². The van der Waals surface area contributed by atoms with Crippen LogP contribution < -0.4 is 4.74 Å². The fourth-order valence-electron chi connectivity index (χ4n) is 1.62. The van der Waals surface area contributed by atoms with Gasteiger partial charge in [0.2, 0.25) is 0 Å². The summed E-state index contributed by atoms with van der Waals surface area (Å²) in [6, 6.07) is 4.58. The number of carbonyl (C=O) groups excluding carboxylic acids is 1. The number of carboxylic acid groups (broad SMARTS) is 1. The van der Waals surface area contributed by atoms with Gasteiger partial charge in [-0.2, -0.15) is 0 Å². The lowest BCUT2D eigenvalue weighted by atomic mass is 10.2. The molecule has 6 heteroatoms. The summed E-state index contributed by atoms with van der Waals surface area (Å²) in [4.78, 5) is 24.6. The molecule has 5 nitrogen and oxygen atoms in total. The number of nitrogens with zero attached hydrogens (tertiary/aromatic N) is 1. The highest BCUT2D eigenvalue weighted by atomic mass is 79.9. The third-order valence-electron chi connectivity index (χ3n) is 2.57. The van der Waals surface area contributed by atoms with Gasteiger partial charge in [-0.25, -0.2) is 4.79 Å². The number of rotatable bonds is 8. The van der Waals surface area contributed by atoms with Crippen LogP contribution in [0.25, 0.3) is 0 Å². The Labute approximate surface area is 131 Å². The summed E-state index contributed by atoms with van der Waals surface area (Å²) in [5.74, 6) is -1.24. The molecule has 0 heterocycles. The quantitative estimate of drug-likeness (QED) is 0.729. The fourth-order valence-corrected chi connectivity index (χ4v) is 1.98. The van der Waals surface area contributed by atoms with Crippen molar-refractivity contribution in [3.63, 3.8) is 0 Å². The van der Waals surface area contributed by atoms with Crippen molar-refractivity contribution in [3.05, 3.63) is 53.5 Å². The Hall–Kier alpha value is -2.08. The number of hydrogen-bond acceptors (Lipinski definition) is 3. The molecular formula is C15H16BrNO4. The Kier molecular flexibility index (Phi) is 6.68. The molecule has 0 saturated carbocycles. The Morgan fingerprint density at radius 2 is 1.90 bits per heavy atom. The van der Waals surface area contributed by atoms with Crippen molar-refractivity contribution in [3.8, 4) is 5.75 Å². The molecule has 112 valence electrons. The Bertz CT molecular complexity index is 547. The largest absolute Gasteiger partial charge is 0.483 e. The predicted molar refractivity (Wildman–Crippen MR) is 83.6 cm³/mol. The van der Waals surface area contributed by atoms with E-state index < -0.39 is 5.97 Å². The van der Waals surface area contributed by atoms with E-state index >= 15 is 0 Å². The number of carboxylic acids is 1. The molecule has 1 amide bonds. The minimum Gasteiger partial charge on any atom is -0.483 e. The van der Waals surface area contributed by atoms with Crippen LogP contribution >= 0.6 is 15.9 Å². The van der Waals surface area contributed by atoms with Crippen molar-refractivity contribution < 1.29 is 19.4 Å². The second-order valence-corrected chi connectivity index (χ2v) is 5.03. The van der Waals surface area contributed by atoms with Gasteiger partial charge in [-0.1, -0.05) is 28.1 Å². The molecule has 0 unspecified atom stereocenters. The van der Waals surface area contributed by atoms with Crippen LogP contribution in [0.5, 0.6) is 5.75 Å². The summed E-state index contributed by atoms with van der Waals surface area (Å²) in [5, 5.41) is 9.11. The van der Waals surface area contributed by atoms with Crippen LogP contribution in [0.15, 0.2) is 48.0 Å². The standard InChI is InChI=1S/C15H16BrNO4/c1-3-7-17(8-4-2)14(18)10-21-13-6-5-11(16)9-12(13)15(19)20/h3-6,9H,1-2,7-8,10H2,(H,19,20). The summed E-state index contributed by atoms with van der Waals surface area (Å²) >= 11 is 3.19. The van der Waals surface area contributed by atoms with Crippen LogP contribution in [-0.4, -0.2) is 41.6 Å². The van der Waals surface area contributed by atoms with Crippen LogP contribution in [0.4, 0.5) is 0 Å². The average molecular weight is 354 g/mol. The topological polar surface area (TPSA) is 66.8 Å². The normalized spacial score (nSPS) is 9.76. The molecule has 0 aromatic heterocycles. The molecule has 0 bridgehead atoms. The van der Waals surface area contributed by atoms with Crippen molar-refractivity contribution in [2.24, 2.45) is 0 Å². The lowest BCUT2D eigenvalue weighted by Crippen LogP contribution is -2.35. The third kappa shape index (κ3) is 5.07. The van der Waals surface area contributed by atoms with Crippen molar-refractivity contribution in [1.29, 1.82) is 0 Å². The second kappa shape index (κ2) is 8.26. The van der Waals surface area contributed by atoms with Gasteiger partial charge in [0.15, 0.2) is 6.61 Å². The summed E-state index contributed by atoms with van der Waals surface area (Å²) in [6.07, 6.45) is 3.20. The zero-order valence-electron chi connectivity index (χ0n) is 11.4. The van der Waals surface area contributed by atoms with Crippen LogP contribution in [0.1, 0.15) is 10.4 Å². The maximum absolute atomic E-state index is 12.0. The first-order valence-electron chi connectivity index (χ1n) is 6.14. The smallest absolute Gasteiger partial charge is 0.339 e. The van der Waals surface area contributed by atoms with Crippen LogP contribution in [0.3, 0.4) is 0 Å². The highest BCUT2D eigenvalue weighted by Gasteiger charge is 2.15. The van der Waals surface area contributed by atoms with Crippen molar-refractivity contribution in [2.75, 3.05) is 19.7 Å². The Balaban J connectivity index is 2.78. The van der Waals surface area contributed by atoms with E-state index in [4.69, 9.17) is 9.84 Å². The fraction of sp³-hybridized carbons (Fsp3) is 0.200. The molecule has 0 aliphatic carbocycles. The SMILES string of the molecule is C=CCN(CC=C)C(=O)COc1ccc(Br)cc1C(=O)O. The molecule has 21 heavy (non-hydrogen) atoms. The lowest BCUT2D eigenvalue weighted by molar-refractivity contribution is -0.132. The molecule has 0 aliphatic heterocycles. The first-order valence-corrected chi connectivity index (χ1v) is 6.94. The molecule has 0 atom stereocenters. The van der Waals surface area contributed by atoms with Crippen molar-refractivity contribution in [1.82, 2.24) is 4.90 Å². The first-order chi connectivity index (χ1) is 9.99. The van der Waals surface area contributed by atoms with E-state index in [2.05, 4.69) is 29.1 Å². The van der Waals surface area contributed by atoms with Gasteiger partial charge >= 0.3 is 5.97 Å². The summed E-state index contributed by atoms with van der Waals surface area (Å²) in [6.45, 7) is 7.66. The molecule has 1 aromatic carbocycles. The summed E-state index contributed by atoms with van der Waals surface area (Å²) in [5.41, 5.74) is -0.00355. The first kappa shape index (κ1) is 17.0. The van der Waals surface area contributed by atoms with E-state index in [1.165, 1.54) is 17.0 Å². The van der Waals surface area contributed by atoms with Gasteiger partial charge in [-0.05, 0) is 18.2 Å².